The number of nitrogen functional groups attached to an aromatic ring is 1. The molecule has 0 unspecified atom stereocenters. The number of aryl methyl sites for hydroxylation is 1. The van der Waals surface area contributed by atoms with Crippen LogP contribution in [0.4, 0.5) is 26.4 Å². The highest BCUT2D eigenvalue weighted by atomic mass is 19.1. The molecule has 1 aliphatic carbocycles. The quantitative estimate of drug-likeness (QED) is 0.461. The summed E-state index contributed by atoms with van der Waals surface area (Å²) in [6, 6.07) is 2.93. The SMILES string of the molecule is Cc1c(-c2cc3cc(N(C(=O)O)[C@H]4C[C@H](O)C4)ncc3c(N)c2F)cnc2c1NCCC2. The number of aliphatic hydroxyl groups excluding tert-OH is 1. The van der Waals surface area contributed by atoms with Gasteiger partial charge in [0, 0.05) is 41.5 Å². The zero-order chi connectivity index (χ0) is 22.6. The predicted molar refractivity (Wildman–Crippen MR) is 120 cm³/mol. The van der Waals surface area contributed by atoms with Crippen LogP contribution in [0.15, 0.2) is 24.5 Å². The van der Waals surface area contributed by atoms with Crippen molar-refractivity contribution in [2.45, 2.75) is 44.8 Å². The van der Waals surface area contributed by atoms with Crippen LogP contribution in [0.5, 0.6) is 0 Å². The molecule has 1 aromatic carbocycles. The third-order valence-corrected chi connectivity index (χ3v) is 6.49. The van der Waals surface area contributed by atoms with E-state index < -0.39 is 18.0 Å². The number of nitrogens with one attached hydrogen (secondary N) is 1. The Balaban J connectivity index is 1.64. The summed E-state index contributed by atoms with van der Waals surface area (Å²) >= 11 is 0. The van der Waals surface area contributed by atoms with Gasteiger partial charge in [0.2, 0.25) is 0 Å². The zero-order valence-electron chi connectivity index (χ0n) is 17.6. The number of pyridine rings is 2. The van der Waals surface area contributed by atoms with E-state index in [-0.39, 0.29) is 17.5 Å². The number of carboxylic acid groups (broad SMARTS) is 1. The first-order chi connectivity index (χ1) is 15.3. The van der Waals surface area contributed by atoms with Crippen LogP contribution < -0.4 is 16.0 Å². The molecule has 0 radical (unpaired) electrons. The number of aromatic nitrogens is 2. The molecule has 0 saturated heterocycles. The Bertz CT molecular complexity index is 1240. The van der Waals surface area contributed by atoms with Crippen LogP contribution in [-0.2, 0) is 6.42 Å². The van der Waals surface area contributed by atoms with Crippen LogP contribution in [0.1, 0.15) is 30.5 Å². The third kappa shape index (κ3) is 3.20. The van der Waals surface area contributed by atoms with Gasteiger partial charge in [-0.1, -0.05) is 0 Å². The highest BCUT2D eigenvalue weighted by molar-refractivity contribution is 5.99. The van der Waals surface area contributed by atoms with Gasteiger partial charge in [-0.3, -0.25) is 9.88 Å². The highest BCUT2D eigenvalue weighted by Crippen LogP contribution is 2.39. The minimum atomic E-state index is -1.15. The van der Waals surface area contributed by atoms with Crippen LogP contribution in [-0.4, -0.2) is 45.0 Å². The average Bonchev–Trinajstić information content (AvgIpc) is 2.76. The second kappa shape index (κ2) is 7.59. The number of rotatable bonds is 3. The lowest BCUT2D eigenvalue weighted by atomic mass is 9.88. The van der Waals surface area contributed by atoms with Crippen LogP contribution >= 0.6 is 0 Å². The molecule has 3 heterocycles. The van der Waals surface area contributed by atoms with Crippen molar-refractivity contribution in [2.75, 3.05) is 22.5 Å². The molecule has 9 heteroatoms. The second-order valence-electron chi connectivity index (χ2n) is 8.50. The summed E-state index contributed by atoms with van der Waals surface area (Å²) in [5, 5.41) is 23.7. The molecule has 0 bridgehead atoms. The van der Waals surface area contributed by atoms with E-state index in [9.17, 15) is 15.0 Å². The highest BCUT2D eigenvalue weighted by Gasteiger charge is 2.36. The van der Waals surface area contributed by atoms with Crippen molar-refractivity contribution in [2.24, 2.45) is 0 Å². The van der Waals surface area contributed by atoms with Crippen molar-refractivity contribution in [3.63, 3.8) is 0 Å². The molecule has 32 heavy (non-hydrogen) atoms. The molecule has 0 spiro atoms. The Hall–Kier alpha value is -3.46. The van der Waals surface area contributed by atoms with Crippen molar-refractivity contribution >= 4 is 34.1 Å². The molecule has 1 amide bonds. The number of benzene rings is 1. The number of hydrogen-bond acceptors (Lipinski definition) is 6. The lowest BCUT2D eigenvalue weighted by Gasteiger charge is -2.38. The number of fused-ring (bicyclic) bond motifs is 2. The maximum atomic E-state index is 15.3. The summed E-state index contributed by atoms with van der Waals surface area (Å²) in [5.41, 5.74) is 9.85. The van der Waals surface area contributed by atoms with Crippen molar-refractivity contribution in [3.8, 4) is 11.1 Å². The fraction of sp³-hybridized carbons (Fsp3) is 0.348. The topological polar surface area (TPSA) is 125 Å². The van der Waals surface area contributed by atoms with Gasteiger partial charge < -0.3 is 21.3 Å². The summed E-state index contributed by atoms with van der Waals surface area (Å²) in [4.78, 5) is 21.8. The van der Waals surface area contributed by atoms with E-state index in [1.54, 1.807) is 18.3 Å². The van der Waals surface area contributed by atoms with Gasteiger partial charge in [0.05, 0.1) is 23.2 Å². The Morgan fingerprint density at radius 2 is 2.03 bits per heavy atom. The van der Waals surface area contributed by atoms with Gasteiger partial charge in [-0.05, 0) is 55.7 Å². The predicted octanol–water partition coefficient (Wildman–Crippen LogP) is 3.69. The molecule has 1 fully saturated rings. The first-order valence-corrected chi connectivity index (χ1v) is 10.7. The van der Waals surface area contributed by atoms with Gasteiger partial charge in [-0.2, -0.15) is 0 Å². The van der Waals surface area contributed by atoms with E-state index in [1.807, 2.05) is 6.92 Å². The van der Waals surface area contributed by atoms with Gasteiger partial charge in [-0.15, -0.1) is 0 Å². The Kier molecular flexibility index (Phi) is 4.85. The molecule has 5 N–H and O–H groups in total. The molecule has 1 saturated carbocycles. The van der Waals surface area contributed by atoms with E-state index in [1.165, 1.54) is 6.20 Å². The molecule has 166 valence electrons. The summed E-state index contributed by atoms with van der Waals surface area (Å²) in [5.74, 6) is -0.328. The van der Waals surface area contributed by atoms with Crippen LogP contribution in [0.25, 0.3) is 21.9 Å². The standard InChI is InChI=1S/C23H24FN5O3/c1-11-16(9-27-18-3-2-4-26-22(11)18)15-5-12-6-19(28-10-17(12)21(25)20(15)24)29(23(31)32)13-7-14(30)8-13/h5-6,9-10,13-14,26,30H,2-4,7-8,25H2,1H3,(H,31,32)/t13-,14-. The maximum Gasteiger partial charge on any atom is 0.413 e. The number of nitrogens with two attached hydrogens (primary N) is 1. The molecule has 3 aromatic rings. The fourth-order valence-electron chi connectivity index (χ4n) is 4.64. The van der Waals surface area contributed by atoms with E-state index in [0.29, 0.717) is 34.7 Å². The molecule has 5 rings (SSSR count). The van der Waals surface area contributed by atoms with Gasteiger partial charge in [0.25, 0.3) is 0 Å². The summed E-state index contributed by atoms with van der Waals surface area (Å²) in [6.45, 7) is 2.78. The van der Waals surface area contributed by atoms with Gasteiger partial charge in [0.1, 0.15) is 5.82 Å². The van der Waals surface area contributed by atoms with Crippen molar-refractivity contribution in [1.29, 1.82) is 0 Å². The zero-order valence-corrected chi connectivity index (χ0v) is 17.6. The molecular formula is C23H24FN5O3. The Morgan fingerprint density at radius 1 is 1.25 bits per heavy atom. The number of aliphatic hydroxyl groups is 1. The van der Waals surface area contributed by atoms with E-state index in [2.05, 4.69) is 15.3 Å². The van der Waals surface area contributed by atoms with Crippen molar-refractivity contribution in [1.82, 2.24) is 9.97 Å². The normalized spacial score (nSPS) is 19.7. The monoisotopic (exact) mass is 437 g/mol. The molecular weight excluding hydrogens is 413 g/mol. The minimum absolute atomic E-state index is 0.0393. The largest absolute Gasteiger partial charge is 0.465 e. The molecule has 2 aliphatic rings. The van der Waals surface area contributed by atoms with E-state index >= 15 is 4.39 Å². The first kappa shape index (κ1) is 20.4. The summed E-state index contributed by atoms with van der Waals surface area (Å²) < 4.78 is 15.3. The summed E-state index contributed by atoms with van der Waals surface area (Å²) in [7, 11) is 0. The minimum Gasteiger partial charge on any atom is -0.465 e. The lowest BCUT2D eigenvalue weighted by molar-refractivity contribution is 0.0725. The van der Waals surface area contributed by atoms with E-state index in [0.717, 1.165) is 41.2 Å². The smallest absolute Gasteiger partial charge is 0.413 e. The van der Waals surface area contributed by atoms with E-state index in [4.69, 9.17) is 5.73 Å². The number of carbonyl (C=O) groups is 1. The Labute approximate surface area is 183 Å². The molecule has 0 atom stereocenters. The van der Waals surface area contributed by atoms with Crippen molar-refractivity contribution in [3.05, 3.63) is 41.6 Å². The van der Waals surface area contributed by atoms with Crippen LogP contribution in [0, 0.1) is 12.7 Å². The molecule has 2 aromatic heterocycles. The number of anilines is 3. The number of halogens is 1. The third-order valence-electron chi connectivity index (χ3n) is 6.49. The molecule has 1 aliphatic heterocycles. The molecule has 8 nitrogen and oxygen atoms in total. The van der Waals surface area contributed by atoms with Crippen LogP contribution in [0.3, 0.4) is 0 Å². The maximum absolute atomic E-state index is 15.3. The number of amides is 1. The second-order valence-corrected chi connectivity index (χ2v) is 8.50. The first-order valence-electron chi connectivity index (χ1n) is 10.7. The summed E-state index contributed by atoms with van der Waals surface area (Å²) in [6.07, 6.45) is 4.01. The van der Waals surface area contributed by atoms with Crippen LogP contribution in [0.2, 0.25) is 0 Å². The lowest BCUT2D eigenvalue weighted by Crippen LogP contribution is -2.50. The Morgan fingerprint density at radius 3 is 2.75 bits per heavy atom. The average molecular weight is 437 g/mol. The van der Waals surface area contributed by atoms with Gasteiger partial charge in [-0.25, -0.2) is 14.2 Å². The number of nitrogens with zero attached hydrogens (tertiary/aromatic N) is 3. The van der Waals surface area contributed by atoms with Gasteiger partial charge in [0.15, 0.2) is 5.82 Å². The fourth-order valence-corrected chi connectivity index (χ4v) is 4.64. The van der Waals surface area contributed by atoms with Crippen molar-refractivity contribution < 1.29 is 19.4 Å². The van der Waals surface area contributed by atoms with Gasteiger partial charge >= 0.3 is 6.09 Å². The number of hydrogen-bond donors (Lipinski definition) is 4.